The number of alkyl halides is 6. The van der Waals surface area contributed by atoms with E-state index in [-0.39, 0.29) is 0 Å². The average Bonchev–Trinajstić information content (AvgIpc) is 2.34. The fraction of sp³-hybridized carbons (Fsp3) is 0.455. The Morgan fingerprint density at radius 3 is 1.62 bits per heavy atom. The molecule has 0 rings (SSSR count). The molecule has 0 aliphatic rings. The monoisotopic (exact) mass is 322 g/mol. The minimum atomic E-state index is -4.46. The molecular weight excluding hydrogens is 310 g/mol. The van der Waals surface area contributed by atoms with Crippen LogP contribution >= 0.6 is 0 Å². The molecule has 122 valence electrons. The maximum absolute atomic E-state index is 11.4. The predicted octanol–water partition coefficient (Wildman–Crippen LogP) is 2.95. The van der Waals surface area contributed by atoms with Gasteiger partial charge in [-0.1, -0.05) is 13.2 Å². The van der Waals surface area contributed by atoms with Crippen molar-refractivity contribution in [1.82, 2.24) is 0 Å². The summed E-state index contributed by atoms with van der Waals surface area (Å²) >= 11 is 0. The van der Waals surface area contributed by atoms with Crippen LogP contribution in [0, 0.1) is 0 Å². The van der Waals surface area contributed by atoms with E-state index < -0.39 is 43.9 Å². The first-order valence-corrected chi connectivity index (χ1v) is 5.13. The summed E-state index contributed by atoms with van der Waals surface area (Å²) in [6.45, 7) is 3.74. The van der Waals surface area contributed by atoms with Gasteiger partial charge in [-0.2, -0.15) is 26.3 Å². The Hall–Kier alpha value is -2.00. The van der Waals surface area contributed by atoms with Crippen LogP contribution in [-0.4, -0.2) is 37.5 Å². The van der Waals surface area contributed by atoms with Gasteiger partial charge in [-0.05, 0) is 0 Å². The van der Waals surface area contributed by atoms with Gasteiger partial charge in [0.05, 0.1) is 6.42 Å². The molecule has 0 spiro atoms. The molecule has 0 saturated carbocycles. The zero-order chi connectivity index (χ0) is 17.1. The summed E-state index contributed by atoms with van der Waals surface area (Å²) in [5.74, 6) is -1.91. The SMILES string of the molecule is C=CC(=O)OCC(F)(F)F.C=CC(=O)OCCC(F)(F)F. The molecule has 0 radical (unpaired) electrons. The number of carbonyl (C=O) groups is 2. The number of hydrogen-bond donors (Lipinski definition) is 0. The highest BCUT2D eigenvalue weighted by atomic mass is 19.4. The molecule has 0 fully saturated rings. The fourth-order valence-electron chi connectivity index (χ4n) is 0.538. The van der Waals surface area contributed by atoms with Crippen molar-refractivity contribution in [2.45, 2.75) is 18.8 Å². The first-order valence-electron chi connectivity index (χ1n) is 5.13. The van der Waals surface area contributed by atoms with Gasteiger partial charge in [-0.3, -0.25) is 0 Å². The van der Waals surface area contributed by atoms with Crippen molar-refractivity contribution in [2.75, 3.05) is 13.2 Å². The van der Waals surface area contributed by atoms with Crippen LogP contribution in [0.4, 0.5) is 26.3 Å². The quantitative estimate of drug-likeness (QED) is 0.444. The highest BCUT2D eigenvalue weighted by Crippen LogP contribution is 2.18. The van der Waals surface area contributed by atoms with Gasteiger partial charge in [0, 0.05) is 12.2 Å². The van der Waals surface area contributed by atoms with E-state index in [1.807, 2.05) is 0 Å². The number of ether oxygens (including phenoxy) is 2. The van der Waals surface area contributed by atoms with Crippen LogP contribution in [0.2, 0.25) is 0 Å². The molecule has 0 aliphatic heterocycles. The van der Waals surface area contributed by atoms with Gasteiger partial charge >= 0.3 is 24.3 Å². The Morgan fingerprint density at radius 2 is 1.29 bits per heavy atom. The number of halogens is 6. The first kappa shape index (κ1) is 21.3. The van der Waals surface area contributed by atoms with Crippen LogP contribution in [0.3, 0.4) is 0 Å². The van der Waals surface area contributed by atoms with E-state index in [2.05, 4.69) is 22.6 Å². The lowest BCUT2D eigenvalue weighted by Crippen LogP contribution is -2.19. The van der Waals surface area contributed by atoms with Gasteiger partial charge in [0.2, 0.25) is 0 Å². The second kappa shape index (κ2) is 9.83. The molecule has 0 saturated heterocycles. The van der Waals surface area contributed by atoms with Crippen molar-refractivity contribution < 1.29 is 45.4 Å². The molecule has 0 bridgehead atoms. The largest absolute Gasteiger partial charge is 0.462 e. The number of rotatable bonds is 5. The summed E-state index contributed by atoms with van der Waals surface area (Å²) in [6.07, 6.45) is -8.37. The standard InChI is InChI=1S/C6H7F3O2.C5H5F3O2/c1-2-5(10)11-4-3-6(7,8)9;1-2-4(9)10-3-5(6,7)8/h2H,1,3-4H2;2H,1,3H2. The third kappa shape index (κ3) is 20.5. The van der Waals surface area contributed by atoms with Gasteiger partial charge in [-0.15, -0.1) is 0 Å². The van der Waals surface area contributed by atoms with Gasteiger partial charge < -0.3 is 9.47 Å². The zero-order valence-electron chi connectivity index (χ0n) is 10.6. The van der Waals surface area contributed by atoms with Crippen LogP contribution in [0.1, 0.15) is 6.42 Å². The van der Waals surface area contributed by atoms with E-state index in [1.54, 1.807) is 0 Å². The summed E-state index contributed by atoms with van der Waals surface area (Å²) < 4.78 is 75.7. The molecule has 0 unspecified atom stereocenters. The van der Waals surface area contributed by atoms with Crippen molar-refractivity contribution in [3.8, 4) is 0 Å². The number of hydrogen-bond acceptors (Lipinski definition) is 4. The molecule has 0 aliphatic carbocycles. The molecule has 0 heterocycles. The minimum absolute atomic E-state index is 0.644. The van der Waals surface area contributed by atoms with Crippen molar-refractivity contribution >= 4 is 11.9 Å². The molecule has 0 N–H and O–H groups in total. The molecule has 0 atom stereocenters. The van der Waals surface area contributed by atoms with Crippen molar-refractivity contribution in [3.05, 3.63) is 25.3 Å². The van der Waals surface area contributed by atoms with Crippen molar-refractivity contribution in [1.29, 1.82) is 0 Å². The maximum atomic E-state index is 11.4. The van der Waals surface area contributed by atoms with Crippen LogP contribution in [0.5, 0.6) is 0 Å². The third-order valence-corrected chi connectivity index (χ3v) is 1.34. The molecule has 0 aromatic carbocycles. The van der Waals surface area contributed by atoms with Gasteiger partial charge in [0.15, 0.2) is 6.61 Å². The summed E-state index contributed by atoms with van der Waals surface area (Å²) in [5, 5.41) is 0. The topological polar surface area (TPSA) is 52.6 Å². The number of carbonyl (C=O) groups excluding carboxylic acids is 2. The van der Waals surface area contributed by atoms with E-state index in [0.717, 1.165) is 6.08 Å². The van der Waals surface area contributed by atoms with E-state index in [1.165, 1.54) is 0 Å². The number of esters is 2. The van der Waals surface area contributed by atoms with E-state index >= 15 is 0 Å². The lowest BCUT2D eigenvalue weighted by Gasteiger charge is -2.04. The molecule has 0 aromatic heterocycles. The second-order valence-electron chi connectivity index (χ2n) is 3.16. The molecule has 0 aromatic rings. The Morgan fingerprint density at radius 1 is 0.857 bits per heavy atom. The molecule has 0 amide bonds. The molecule has 10 heteroatoms. The van der Waals surface area contributed by atoms with Gasteiger partial charge in [0.1, 0.15) is 6.61 Å². The Labute approximate surface area is 116 Å². The zero-order valence-corrected chi connectivity index (χ0v) is 10.6. The lowest BCUT2D eigenvalue weighted by atomic mass is 10.4. The minimum Gasteiger partial charge on any atom is -0.462 e. The highest BCUT2D eigenvalue weighted by molar-refractivity contribution is 5.81. The van der Waals surface area contributed by atoms with Crippen LogP contribution < -0.4 is 0 Å². The Balaban J connectivity index is 0. The van der Waals surface area contributed by atoms with Crippen LogP contribution in [-0.2, 0) is 19.1 Å². The molecule has 4 nitrogen and oxygen atoms in total. The average molecular weight is 322 g/mol. The third-order valence-electron chi connectivity index (χ3n) is 1.34. The maximum Gasteiger partial charge on any atom is 0.422 e. The molecular formula is C11H12F6O4. The second-order valence-corrected chi connectivity index (χ2v) is 3.16. The first-order chi connectivity index (χ1) is 9.41. The summed E-state index contributed by atoms with van der Waals surface area (Å²) in [5.41, 5.74) is 0. The Bertz CT molecular complexity index is 359. The fourth-order valence-corrected chi connectivity index (χ4v) is 0.538. The van der Waals surface area contributed by atoms with Gasteiger partial charge in [0.25, 0.3) is 0 Å². The smallest absolute Gasteiger partial charge is 0.422 e. The molecule has 21 heavy (non-hydrogen) atoms. The Kier molecular flexibility index (Phi) is 9.97. The van der Waals surface area contributed by atoms with Gasteiger partial charge in [-0.25, -0.2) is 9.59 Å². The normalized spacial score (nSPS) is 10.8. The van der Waals surface area contributed by atoms with Crippen LogP contribution in [0.25, 0.3) is 0 Å². The van der Waals surface area contributed by atoms with E-state index in [4.69, 9.17) is 0 Å². The van der Waals surface area contributed by atoms with E-state index in [9.17, 15) is 35.9 Å². The van der Waals surface area contributed by atoms with Crippen molar-refractivity contribution in [2.24, 2.45) is 0 Å². The van der Waals surface area contributed by atoms with Crippen molar-refractivity contribution in [3.63, 3.8) is 0 Å². The predicted molar refractivity (Wildman–Crippen MR) is 59.0 cm³/mol. The summed E-state index contributed by atoms with van der Waals surface area (Å²) in [6, 6.07) is 0. The lowest BCUT2D eigenvalue weighted by molar-refractivity contribution is -0.182. The highest BCUT2D eigenvalue weighted by Gasteiger charge is 2.29. The summed E-state index contributed by atoms with van der Waals surface area (Å²) in [4.78, 5) is 20.2. The van der Waals surface area contributed by atoms with E-state index in [0.29, 0.717) is 6.08 Å². The summed E-state index contributed by atoms with van der Waals surface area (Å²) in [7, 11) is 0. The van der Waals surface area contributed by atoms with Crippen LogP contribution in [0.15, 0.2) is 25.3 Å².